The summed E-state index contributed by atoms with van der Waals surface area (Å²) in [5, 5.41) is 4.95. The van der Waals surface area contributed by atoms with E-state index in [0.717, 1.165) is 19.0 Å². The van der Waals surface area contributed by atoms with Crippen LogP contribution in [0.1, 0.15) is 30.1 Å². The first kappa shape index (κ1) is 23.0. The third kappa shape index (κ3) is 8.38. The molecule has 2 amide bonds. The van der Waals surface area contributed by atoms with Crippen LogP contribution in [-0.4, -0.2) is 42.7 Å². The number of benzene rings is 1. The quantitative estimate of drug-likeness (QED) is 0.568. The van der Waals surface area contributed by atoms with E-state index in [2.05, 4.69) is 27.3 Å². The molecular formula is C20H22F3N3O4. The van der Waals surface area contributed by atoms with Crippen LogP contribution in [0.15, 0.2) is 42.6 Å². The number of carbonyl (C=O) groups is 2. The van der Waals surface area contributed by atoms with Crippen molar-refractivity contribution in [2.24, 2.45) is 0 Å². The number of nitrogens with zero attached hydrogens (tertiary/aromatic N) is 1. The molecule has 162 valence electrons. The van der Waals surface area contributed by atoms with Gasteiger partial charge in [0, 0.05) is 11.6 Å². The van der Waals surface area contributed by atoms with Gasteiger partial charge in [0.05, 0.1) is 25.0 Å². The van der Waals surface area contributed by atoms with Crippen molar-refractivity contribution in [1.82, 2.24) is 10.3 Å². The molecule has 0 bridgehead atoms. The van der Waals surface area contributed by atoms with Gasteiger partial charge < -0.3 is 20.1 Å². The first-order valence-corrected chi connectivity index (χ1v) is 9.23. The van der Waals surface area contributed by atoms with Crippen LogP contribution in [-0.2, 0) is 4.79 Å². The van der Waals surface area contributed by atoms with E-state index in [1.165, 1.54) is 12.1 Å². The van der Waals surface area contributed by atoms with Crippen molar-refractivity contribution in [2.75, 3.05) is 25.1 Å². The lowest BCUT2D eigenvalue weighted by atomic mass is 10.2. The molecule has 0 unspecified atom stereocenters. The molecular weight excluding hydrogens is 403 g/mol. The molecule has 0 radical (unpaired) electrons. The Balaban J connectivity index is 1.76. The van der Waals surface area contributed by atoms with Gasteiger partial charge in [-0.15, -0.1) is 0 Å². The van der Waals surface area contributed by atoms with Gasteiger partial charge >= 0.3 is 6.18 Å². The maximum atomic E-state index is 12.1. The highest BCUT2D eigenvalue weighted by molar-refractivity contribution is 5.99. The lowest BCUT2D eigenvalue weighted by molar-refractivity contribution is -0.154. The number of amides is 2. The first-order valence-electron chi connectivity index (χ1n) is 9.23. The van der Waals surface area contributed by atoms with Crippen LogP contribution >= 0.6 is 0 Å². The molecule has 0 aliphatic heterocycles. The minimum absolute atomic E-state index is 0.222. The minimum Gasteiger partial charge on any atom is -0.494 e. The van der Waals surface area contributed by atoms with Crippen LogP contribution in [0, 0.1) is 0 Å². The zero-order chi connectivity index (χ0) is 22.0. The second-order valence-corrected chi connectivity index (χ2v) is 6.25. The molecule has 0 aliphatic carbocycles. The van der Waals surface area contributed by atoms with Gasteiger partial charge in [0.1, 0.15) is 5.75 Å². The van der Waals surface area contributed by atoms with Gasteiger partial charge in [-0.2, -0.15) is 13.2 Å². The van der Waals surface area contributed by atoms with E-state index in [1.807, 2.05) is 0 Å². The molecule has 0 saturated heterocycles. The average molecular weight is 425 g/mol. The fourth-order valence-electron chi connectivity index (χ4n) is 2.20. The summed E-state index contributed by atoms with van der Waals surface area (Å²) >= 11 is 0. The summed E-state index contributed by atoms with van der Waals surface area (Å²) < 4.78 is 46.3. The van der Waals surface area contributed by atoms with Crippen molar-refractivity contribution < 1.29 is 32.2 Å². The zero-order valence-electron chi connectivity index (χ0n) is 16.3. The fraction of sp³-hybridized carbons (Fsp3) is 0.350. The van der Waals surface area contributed by atoms with Crippen molar-refractivity contribution in [3.8, 4) is 11.6 Å². The predicted molar refractivity (Wildman–Crippen MR) is 104 cm³/mol. The molecule has 7 nitrogen and oxygen atoms in total. The third-order valence-electron chi connectivity index (χ3n) is 3.70. The molecule has 0 spiro atoms. The fourth-order valence-corrected chi connectivity index (χ4v) is 2.20. The Morgan fingerprint density at radius 1 is 1.07 bits per heavy atom. The molecule has 1 aromatic heterocycles. The molecule has 2 N–H and O–H groups in total. The van der Waals surface area contributed by atoms with Crippen molar-refractivity contribution in [1.29, 1.82) is 0 Å². The number of pyridine rings is 1. The van der Waals surface area contributed by atoms with Crippen LogP contribution in [0.2, 0.25) is 0 Å². The van der Waals surface area contributed by atoms with Crippen LogP contribution in [0.4, 0.5) is 18.9 Å². The number of alkyl halides is 3. The van der Waals surface area contributed by atoms with E-state index >= 15 is 0 Å². The monoisotopic (exact) mass is 425 g/mol. The SMILES string of the molecule is CCCCOc1ccc(C(=O)NCC(=O)Nc2ccc(OCC(F)(F)F)nc2)cc1. The lowest BCUT2D eigenvalue weighted by Gasteiger charge is -2.10. The van der Waals surface area contributed by atoms with E-state index in [1.54, 1.807) is 24.3 Å². The van der Waals surface area contributed by atoms with Gasteiger partial charge in [0.25, 0.3) is 5.91 Å². The number of hydrogen-bond donors (Lipinski definition) is 2. The topological polar surface area (TPSA) is 89.5 Å². The lowest BCUT2D eigenvalue weighted by Crippen LogP contribution is -2.32. The number of nitrogens with one attached hydrogen (secondary N) is 2. The van der Waals surface area contributed by atoms with Crippen LogP contribution in [0.5, 0.6) is 11.6 Å². The molecule has 2 rings (SSSR count). The number of carbonyl (C=O) groups excluding carboxylic acids is 2. The molecule has 0 aliphatic rings. The molecule has 1 aromatic carbocycles. The Labute approximate surface area is 171 Å². The normalized spacial score (nSPS) is 10.9. The van der Waals surface area contributed by atoms with E-state index in [4.69, 9.17) is 4.74 Å². The Hall–Kier alpha value is -3.30. The average Bonchev–Trinajstić information content (AvgIpc) is 2.71. The summed E-state index contributed by atoms with van der Waals surface area (Å²) in [6.07, 6.45) is -1.34. The van der Waals surface area contributed by atoms with Crippen LogP contribution in [0.25, 0.3) is 0 Å². The Bertz CT molecular complexity index is 825. The van der Waals surface area contributed by atoms with Crippen LogP contribution in [0.3, 0.4) is 0 Å². The first-order chi connectivity index (χ1) is 14.3. The van der Waals surface area contributed by atoms with Gasteiger partial charge in [-0.3, -0.25) is 9.59 Å². The molecule has 30 heavy (non-hydrogen) atoms. The van der Waals surface area contributed by atoms with E-state index in [0.29, 0.717) is 17.9 Å². The van der Waals surface area contributed by atoms with Crippen molar-refractivity contribution in [3.63, 3.8) is 0 Å². The van der Waals surface area contributed by atoms with Gasteiger partial charge in [-0.25, -0.2) is 4.98 Å². The predicted octanol–water partition coefficient (Wildman–Crippen LogP) is 3.57. The minimum atomic E-state index is -4.46. The summed E-state index contributed by atoms with van der Waals surface area (Å²) in [5.74, 6) is -0.512. The maximum Gasteiger partial charge on any atom is 0.422 e. The van der Waals surface area contributed by atoms with Gasteiger partial charge in [-0.1, -0.05) is 13.3 Å². The molecule has 1 heterocycles. The van der Waals surface area contributed by atoms with Gasteiger partial charge in [0.15, 0.2) is 6.61 Å². The molecule has 0 saturated carbocycles. The highest BCUT2D eigenvalue weighted by Crippen LogP contribution is 2.18. The Morgan fingerprint density at radius 2 is 1.80 bits per heavy atom. The molecule has 0 fully saturated rings. The summed E-state index contributed by atoms with van der Waals surface area (Å²) in [7, 11) is 0. The summed E-state index contributed by atoms with van der Waals surface area (Å²) in [4.78, 5) is 27.7. The molecule has 2 aromatic rings. The van der Waals surface area contributed by atoms with E-state index < -0.39 is 24.6 Å². The van der Waals surface area contributed by atoms with Crippen molar-refractivity contribution in [3.05, 3.63) is 48.2 Å². The second-order valence-electron chi connectivity index (χ2n) is 6.25. The van der Waals surface area contributed by atoms with Gasteiger partial charge in [-0.05, 0) is 36.8 Å². The van der Waals surface area contributed by atoms with Crippen molar-refractivity contribution >= 4 is 17.5 Å². The zero-order valence-corrected chi connectivity index (χ0v) is 16.3. The van der Waals surface area contributed by atoms with Gasteiger partial charge in [0.2, 0.25) is 11.8 Å². The second kappa shape index (κ2) is 11.0. The smallest absolute Gasteiger partial charge is 0.422 e. The number of unbranched alkanes of at least 4 members (excludes halogenated alkanes) is 1. The standard InChI is InChI=1S/C20H22F3N3O4/c1-2-3-10-29-16-7-4-14(5-8-16)19(28)25-12-17(27)26-15-6-9-18(24-11-15)30-13-20(21,22)23/h4-9,11H,2-3,10,12-13H2,1H3,(H,25,28)(H,26,27). The third-order valence-corrected chi connectivity index (χ3v) is 3.70. The number of halogens is 3. The van der Waals surface area contributed by atoms with Crippen LogP contribution < -0.4 is 20.1 Å². The number of aromatic nitrogens is 1. The number of anilines is 1. The number of hydrogen-bond acceptors (Lipinski definition) is 5. The number of rotatable bonds is 10. The summed E-state index contributed by atoms with van der Waals surface area (Å²) in [6.45, 7) is 0.918. The molecule has 10 heteroatoms. The molecule has 0 atom stereocenters. The summed E-state index contributed by atoms with van der Waals surface area (Å²) in [6, 6.07) is 9.09. The van der Waals surface area contributed by atoms with Crippen molar-refractivity contribution in [2.45, 2.75) is 25.9 Å². The van der Waals surface area contributed by atoms with E-state index in [9.17, 15) is 22.8 Å². The number of ether oxygens (including phenoxy) is 2. The summed E-state index contributed by atoms with van der Waals surface area (Å²) in [5.41, 5.74) is 0.626. The largest absolute Gasteiger partial charge is 0.494 e. The highest BCUT2D eigenvalue weighted by atomic mass is 19.4. The highest BCUT2D eigenvalue weighted by Gasteiger charge is 2.28. The Morgan fingerprint density at radius 3 is 2.40 bits per heavy atom. The Kier molecular flexibility index (Phi) is 8.45. The van der Waals surface area contributed by atoms with E-state index in [-0.39, 0.29) is 18.1 Å². The maximum absolute atomic E-state index is 12.1.